The molecular formula is C23H23F3N6O3S+. The van der Waals surface area contributed by atoms with Gasteiger partial charge in [0.25, 0.3) is 0 Å². The standard InChI is InChI=1S/C23H23F3N6O3S/c1-27-36(3,34)17-8-18(23(24,25)26)19-11-31(21(33)32(19)10-17)16-6-4-5-15(7-16)22(12-35-13-22)9-20-29-28-14-30(20)2/h4-8,10-11,14H,3,9,12-13H2,1-2H3,(H,27,34)/q+1. The van der Waals surface area contributed by atoms with Gasteiger partial charge in [-0.15, -0.1) is 0 Å². The van der Waals surface area contributed by atoms with Gasteiger partial charge in [0.1, 0.15) is 0 Å². The molecule has 1 N–H and O–H groups in total. The summed E-state index contributed by atoms with van der Waals surface area (Å²) in [7, 11) is -0.0709. The number of nitrogens with zero attached hydrogens (tertiary/aromatic N) is 5. The Morgan fingerprint density at radius 1 is 1.28 bits per heavy atom. The van der Waals surface area contributed by atoms with Crippen LogP contribution in [-0.2, 0) is 26.0 Å². The number of aromatic nitrogens is 2. The van der Waals surface area contributed by atoms with Gasteiger partial charge < -0.3 is 4.74 Å². The molecule has 0 spiro atoms. The molecule has 0 bridgehead atoms. The molecule has 0 aliphatic carbocycles. The van der Waals surface area contributed by atoms with E-state index < -0.39 is 32.6 Å². The lowest BCUT2D eigenvalue weighted by Gasteiger charge is -2.42. The molecule has 5 rings (SSSR count). The van der Waals surface area contributed by atoms with Gasteiger partial charge in [-0.1, -0.05) is 12.1 Å². The second-order valence-electron chi connectivity index (χ2n) is 8.86. The number of imidazole rings is 1. The largest absolute Gasteiger partial charge is 0.418 e. The Balaban J connectivity index is 1.63. The zero-order valence-electron chi connectivity index (χ0n) is 19.5. The topological polar surface area (TPSA) is 92.5 Å². The van der Waals surface area contributed by atoms with Crippen LogP contribution in [0.1, 0.15) is 17.5 Å². The molecule has 36 heavy (non-hydrogen) atoms. The number of azo groups is 1. The minimum atomic E-state index is -4.78. The second-order valence-corrected chi connectivity index (χ2v) is 11.1. The lowest BCUT2D eigenvalue weighted by Crippen LogP contribution is -2.48. The van der Waals surface area contributed by atoms with Crippen molar-refractivity contribution in [1.82, 2.24) is 13.7 Å². The van der Waals surface area contributed by atoms with Crippen LogP contribution >= 0.6 is 0 Å². The molecule has 189 valence electrons. The fourth-order valence-corrected chi connectivity index (χ4v) is 5.17. The molecule has 9 nitrogen and oxygen atoms in total. The zero-order valence-corrected chi connectivity index (χ0v) is 20.3. The van der Waals surface area contributed by atoms with Crippen molar-refractivity contribution < 1.29 is 26.7 Å². The van der Waals surface area contributed by atoms with E-state index in [1.165, 1.54) is 7.05 Å². The lowest BCUT2D eigenvalue weighted by molar-refractivity contribution is -0.478. The highest BCUT2D eigenvalue weighted by atomic mass is 32.2. The van der Waals surface area contributed by atoms with E-state index in [2.05, 4.69) is 20.8 Å². The molecule has 2 aromatic heterocycles. The minimum Gasteiger partial charge on any atom is -0.379 e. The van der Waals surface area contributed by atoms with Gasteiger partial charge in [0, 0.05) is 24.2 Å². The first kappa shape index (κ1) is 24.4. The molecule has 1 fully saturated rings. The molecule has 0 saturated carbocycles. The van der Waals surface area contributed by atoms with E-state index in [1.54, 1.807) is 24.5 Å². The summed E-state index contributed by atoms with van der Waals surface area (Å²) in [5.74, 6) is 3.48. The number of alkyl halides is 3. The summed E-state index contributed by atoms with van der Waals surface area (Å²) in [6, 6.07) is 7.82. The number of ether oxygens (including phenoxy) is 1. The lowest BCUT2D eigenvalue weighted by atomic mass is 9.75. The highest BCUT2D eigenvalue weighted by Gasteiger charge is 2.46. The Morgan fingerprint density at radius 2 is 2.03 bits per heavy atom. The fourth-order valence-electron chi connectivity index (χ4n) is 4.35. The summed E-state index contributed by atoms with van der Waals surface area (Å²) in [5, 5.41) is 8.08. The van der Waals surface area contributed by atoms with Crippen LogP contribution in [0.3, 0.4) is 0 Å². The predicted molar refractivity (Wildman–Crippen MR) is 128 cm³/mol. The average Bonchev–Trinajstić information content (AvgIpc) is 3.37. The van der Waals surface area contributed by atoms with Crippen LogP contribution in [0.25, 0.3) is 11.2 Å². The van der Waals surface area contributed by atoms with Crippen LogP contribution in [0, 0.1) is 6.17 Å². The Kier molecular flexibility index (Phi) is 5.69. The van der Waals surface area contributed by atoms with Crippen molar-refractivity contribution in [2.24, 2.45) is 10.2 Å². The number of halogens is 3. The number of rotatable bonds is 6. The fraction of sp³-hybridized carbons (Fsp3) is 0.304. The SMILES string of the molecule is C=S(=O)(NC)c1cc(C(F)(F)F)c2cn(-c3cccc(C4(C[C]5N=NC=[N+]5C)COC4)c3)c(=O)n2c1. The highest BCUT2D eigenvalue weighted by Crippen LogP contribution is 2.41. The first-order valence-electron chi connectivity index (χ1n) is 10.9. The van der Waals surface area contributed by atoms with E-state index >= 15 is 0 Å². The average molecular weight is 521 g/mol. The Morgan fingerprint density at radius 3 is 2.61 bits per heavy atom. The summed E-state index contributed by atoms with van der Waals surface area (Å²) in [6.07, 6.45) is 0.409. The maximum atomic E-state index is 13.9. The van der Waals surface area contributed by atoms with Crippen LogP contribution in [0.2, 0.25) is 0 Å². The highest BCUT2D eigenvalue weighted by molar-refractivity contribution is 7.98. The first-order chi connectivity index (χ1) is 16.9. The van der Waals surface area contributed by atoms with Gasteiger partial charge in [0.05, 0.1) is 56.7 Å². The van der Waals surface area contributed by atoms with E-state index in [-0.39, 0.29) is 10.4 Å². The third kappa shape index (κ3) is 3.96. The summed E-state index contributed by atoms with van der Waals surface area (Å²) in [5.41, 5.74) is -1.31. The molecule has 1 unspecified atom stereocenters. The predicted octanol–water partition coefficient (Wildman–Crippen LogP) is 2.60. The second kappa shape index (κ2) is 8.39. The smallest absolute Gasteiger partial charge is 0.379 e. The van der Waals surface area contributed by atoms with Gasteiger partial charge in [0.2, 0.25) is 0 Å². The van der Waals surface area contributed by atoms with Gasteiger partial charge in [-0.25, -0.2) is 18.3 Å². The number of nitrogens with one attached hydrogen (secondary N) is 1. The summed E-state index contributed by atoms with van der Waals surface area (Å²) in [4.78, 5) is 13.1. The number of fused-ring (bicyclic) bond motifs is 1. The monoisotopic (exact) mass is 520 g/mol. The quantitative estimate of drug-likeness (QED) is 0.400. The molecule has 3 aromatic rings. The van der Waals surface area contributed by atoms with E-state index in [1.807, 2.05) is 17.7 Å². The minimum absolute atomic E-state index is 0.229. The van der Waals surface area contributed by atoms with Gasteiger partial charge in [0.15, 0.2) is 0 Å². The van der Waals surface area contributed by atoms with E-state index in [0.29, 0.717) is 25.3 Å². The molecule has 1 saturated heterocycles. The summed E-state index contributed by atoms with van der Waals surface area (Å²) >= 11 is 0. The molecule has 2 aliphatic rings. The third-order valence-corrected chi connectivity index (χ3v) is 8.20. The molecule has 4 heterocycles. The van der Waals surface area contributed by atoms with Crippen LogP contribution < -0.4 is 10.4 Å². The summed E-state index contributed by atoms with van der Waals surface area (Å²) < 4.78 is 66.2. The van der Waals surface area contributed by atoms with E-state index in [9.17, 15) is 22.2 Å². The normalized spacial score (nSPS) is 19.3. The van der Waals surface area contributed by atoms with Crippen molar-refractivity contribution in [2.75, 3.05) is 27.3 Å². The van der Waals surface area contributed by atoms with Gasteiger partial charge in [-0.3, -0.25) is 8.97 Å². The van der Waals surface area contributed by atoms with Crippen molar-refractivity contribution in [2.45, 2.75) is 22.9 Å². The van der Waals surface area contributed by atoms with Gasteiger partial charge in [-0.05, 0) is 41.8 Å². The van der Waals surface area contributed by atoms with Crippen LogP contribution in [-0.4, -0.2) is 57.3 Å². The molecule has 2 aliphatic heterocycles. The number of pyridine rings is 1. The number of hydrogen-bond donors (Lipinski definition) is 1. The maximum absolute atomic E-state index is 13.9. The first-order valence-corrected chi connectivity index (χ1v) is 12.6. The molecule has 1 atom stereocenters. The zero-order chi connectivity index (χ0) is 25.9. The molecule has 13 heteroatoms. The maximum Gasteiger partial charge on any atom is 0.418 e. The van der Waals surface area contributed by atoms with Crippen LogP contribution in [0.4, 0.5) is 13.2 Å². The number of benzene rings is 1. The molecular weight excluding hydrogens is 497 g/mol. The van der Waals surface area contributed by atoms with E-state index in [4.69, 9.17) is 4.74 Å². The molecule has 1 radical (unpaired) electrons. The Hall–Kier alpha value is -3.29. The Bertz CT molecular complexity index is 1580. The van der Waals surface area contributed by atoms with Crippen molar-refractivity contribution in [3.63, 3.8) is 0 Å². The van der Waals surface area contributed by atoms with Crippen LogP contribution in [0.15, 0.2) is 62.6 Å². The van der Waals surface area contributed by atoms with Crippen molar-refractivity contribution in [3.05, 3.63) is 70.5 Å². The third-order valence-electron chi connectivity index (χ3n) is 6.55. The van der Waals surface area contributed by atoms with Gasteiger partial charge in [-0.2, -0.15) is 13.2 Å². The van der Waals surface area contributed by atoms with Gasteiger partial charge >= 0.3 is 24.4 Å². The Labute approximate surface area is 204 Å². The molecule has 0 amide bonds. The summed E-state index contributed by atoms with van der Waals surface area (Å²) in [6.45, 7) is 0.860. The van der Waals surface area contributed by atoms with Crippen LogP contribution in [0.5, 0.6) is 0 Å². The molecule has 1 aromatic carbocycles. The van der Waals surface area contributed by atoms with Crippen molar-refractivity contribution in [3.8, 4) is 5.69 Å². The van der Waals surface area contributed by atoms with Crippen molar-refractivity contribution >= 4 is 27.4 Å². The van der Waals surface area contributed by atoms with Crippen molar-refractivity contribution in [1.29, 1.82) is 0 Å². The van der Waals surface area contributed by atoms with E-state index in [0.717, 1.165) is 39.2 Å². The number of hydrogen-bond acceptors (Lipinski definition) is 5.